The van der Waals surface area contributed by atoms with Gasteiger partial charge in [-0.1, -0.05) is 13.8 Å². The minimum absolute atomic E-state index is 0.203. The topological polar surface area (TPSA) is 55.4 Å². The van der Waals surface area contributed by atoms with Crippen LogP contribution in [0.2, 0.25) is 0 Å². The summed E-state index contributed by atoms with van der Waals surface area (Å²) in [6.07, 6.45) is 3.71. The van der Waals surface area contributed by atoms with Crippen LogP contribution in [0.15, 0.2) is 0 Å². The van der Waals surface area contributed by atoms with Crippen LogP contribution >= 0.6 is 0 Å². The van der Waals surface area contributed by atoms with E-state index in [-0.39, 0.29) is 17.4 Å². The third kappa shape index (κ3) is 6.71. The molecule has 2 unspecified atom stereocenters. The van der Waals surface area contributed by atoms with Gasteiger partial charge in [0, 0.05) is 24.7 Å². The van der Waals surface area contributed by atoms with Gasteiger partial charge in [-0.2, -0.15) is 0 Å². The SMILES string of the molecule is CCNC(CCCS(C)(=O)=O)C(C)(CC)OCC. The first-order valence-electron chi connectivity index (χ1n) is 6.84. The molecule has 0 radical (unpaired) electrons. The average Bonchev–Trinajstić information content (AvgIpc) is 2.26. The Hall–Kier alpha value is -0.130. The smallest absolute Gasteiger partial charge is 0.147 e. The molecule has 0 aliphatic rings. The highest BCUT2D eigenvalue weighted by Gasteiger charge is 2.32. The zero-order valence-electron chi connectivity index (χ0n) is 12.5. The summed E-state index contributed by atoms with van der Waals surface area (Å²) in [5, 5.41) is 3.43. The van der Waals surface area contributed by atoms with Crippen LogP contribution in [0.5, 0.6) is 0 Å². The average molecular weight is 279 g/mol. The van der Waals surface area contributed by atoms with Crippen molar-refractivity contribution in [2.45, 2.75) is 58.6 Å². The zero-order chi connectivity index (χ0) is 14.2. The van der Waals surface area contributed by atoms with Crippen molar-refractivity contribution in [3.05, 3.63) is 0 Å². The van der Waals surface area contributed by atoms with Gasteiger partial charge >= 0.3 is 0 Å². The van der Waals surface area contributed by atoms with E-state index in [4.69, 9.17) is 4.74 Å². The molecule has 0 spiro atoms. The van der Waals surface area contributed by atoms with Gasteiger partial charge in [-0.3, -0.25) is 0 Å². The maximum Gasteiger partial charge on any atom is 0.147 e. The standard InChI is InChI=1S/C13H29NO3S/c1-6-13(4,17-8-3)12(14-7-2)10-9-11-18(5,15)16/h12,14H,6-11H2,1-5H3. The summed E-state index contributed by atoms with van der Waals surface area (Å²) in [4.78, 5) is 0. The molecule has 5 heteroatoms. The van der Waals surface area contributed by atoms with Crippen LogP contribution in [0.3, 0.4) is 0 Å². The lowest BCUT2D eigenvalue weighted by atomic mass is 9.89. The van der Waals surface area contributed by atoms with Crippen molar-refractivity contribution in [3.8, 4) is 0 Å². The maximum atomic E-state index is 11.2. The summed E-state index contributed by atoms with van der Waals surface area (Å²) < 4.78 is 28.2. The number of ether oxygens (including phenoxy) is 1. The van der Waals surface area contributed by atoms with E-state index in [2.05, 4.69) is 26.1 Å². The van der Waals surface area contributed by atoms with Gasteiger partial charge in [-0.15, -0.1) is 0 Å². The molecule has 0 amide bonds. The van der Waals surface area contributed by atoms with Gasteiger partial charge in [-0.25, -0.2) is 8.42 Å². The summed E-state index contributed by atoms with van der Waals surface area (Å²) >= 11 is 0. The minimum atomic E-state index is -2.87. The molecule has 0 aromatic heterocycles. The molecular formula is C13H29NO3S. The van der Waals surface area contributed by atoms with Crippen molar-refractivity contribution in [1.29, 1.82) is 0 Å². The van der Waals surface area contributed by atoms with Crippen LogP contribution in [0, 0.1) is 0 Å². The molecule has 1 N–H and O–H groups in total. The molecule has 0 heterocycles. The Kier molecular flexibility index (Phi) is 8.06. The first kappa shape index (κ1) is 17.9. The van der Waals surface area contributed by atoms with E-state index < -0.39 is 9.84 Å². The van der Waals surface area contributed by atoms with Gasteiger partial charge in [0.2, 0.25) is 0 Å². The number of sulfone groups is 1. The molecule has 2 atom stereocenters. The Labute approximate surface area is 112 Å². The van der Waals surface area contributed by atoms with Crippen LogP contribution in [0.1, 0.15) is 47.0 Å². The van der Waals surface area contributed by atoms with Gasteiger partial charge in [-0.05, 0) is 39.7 Å². The summed E-state index contributed by atoms with van der Waals surface area (Å²) in [5.74, 6) is 0.251. The normalized spacial score (nSPS) is 17.4. The Balaban J connectivity index is 4.53. The summed E-state index contributed by atoms with van der Waals surface area (Å²) in [6.45, 7) is 9.81. The third-order valence-electron chi connectivity index (χ3n) is 3.37. The molecule has 0 aromatic rings. The van der Waals surface area contributed by atoms with Crippen molar-refractivity contribution in [3.63, 3.8) is 0 Å². The largest absolute Gasteiger partial charge is 0.374 e. The van der Waals surface area contributed by atoms with Crippen molar-refractivity contribution in [2.24, 2.45) is 0 Å². The van der Waals surface area contributed by atoms with E-state index in [1.807, 2.05) is 6.92 Å². The number of likely N-dealkylation sites (N-methyl/N-ethyl adjacent to an activating group) is 1. The Morgan fingerprint density at radius 3 is 2.28 bits per heavy atom. The lowest BCUT2D eigenvalue weighted by Crippen LogP contribution is -2.50. The zero-order valence-corrected chi connectivity index (χ0v) is 13.3. The van der Waals surface area contributed by atoms with Gasteiger partial charge in [0.25, 0.3) is 0 Å². The lowest BCUT2D eigenvalue weighted by Gasteiger charge is -2.37. The highest BCUT2D eigenvalue weighted by Crippen LogP contribution is 2.23. The Morgan fingerprint density at radius 1 is 1.28 bits per heavy atom. The number of rotatable bonds is 10. The molecule has 0 bridgehead atoms. The fraction of sp³-hybridized carbons (Fsp3) is 1.00. The molecular weight excluding hydrogens is 250 g/mol. The molecule has 0 aliphatic heterocycles. The van der Waals surface area contributed by atoms with Crippen LogP contribution < -0.4 is 5.32 Å². The van der Waals surface area contributed by atoms with Crippen molar-refractivity contribution in [1.82, 2.24) is 5.32 Å². The van der Waals surface area contributed by atoms with Crippen molar-refractivity contribution in [2.75, 3.05) is 25.2 Å². The number of nitrogens with one attached hydrogen (secondary N) is 1. The fourth-order valence-corrected chi connectivity index (χ4v) is 2.89. The predicted molar refractivity (Wildman–Crippen MR) is 76.7 cm³/mol. The molecule has 0 saturated heterocycles. The van der Waals surface area contributed by atoms with Gasteiger partial charge < -0.3 is 10.1 Å². The summed E-state index contributed by atoms with van der Waals surface area (Å²) in [7, 11) is -2.87. The second-order valence-corrected chi connectivity index (χ2v) is 7.24. The minimum Gasteiger partial charge on any atom is -0.374 e. The second-order valence-electron chi connectivity index (χ2n) is 4.98. The highest BCUT2D eigenvalue weighted by atomic mass is 32.2. The van der Waals surface area contributed by atoms with Gasteiger partial charge in [0.05, 0.1) is 5.60 Å². The van der Waals surface area contributed by atoms with Crippen molar-refractivity contribution < 1.29 is 13.2 Å². The van der Waals surface area contributed by atoms with E-state index in [0.717, 1.165) is 19.4 Å². The molecule has 18 heavy (non-hydrogen) atoms. The monoisotopic (exact) mass is 279 g/mol. The molecule has 0 rings (SSSR count). The summed E-state index contributed by atoms with van der Waals surface area (Å²) in [6, 6.07) is 0.203. The van der Waals surface area contributed by atoms with E-state index in [0.29, 0.717) is 13.0 Å². The van der Waals surface area contributed by atoms with E-state index in [1.54, 1.807) is 0 Å². The van der Waals surface area contributed by atoms with Crippen LogP contribution in [0.4, 0.5) is 0 Å². The van der Waals surface area contributed by atoms with E-state index >= 15 is 0 Å². The summed E-state index contributed by atoms with van der Waals surface area (Å²) in [5.41, 5.74) is -0.220. The van der Waals surface area contributed by atoms with Gasteiger partial charge in [0.15, 0.2) is 0 Å². The number of hydrogen-bond donors (Lipinski definition) is 1. The fourth-order valence-electron chi connectivity index (χ4n) is 2.20. The van der Waals surface area contributed by atoms with Crippen LogP contribution in [-0.4, -0.2) is 45.2 Å². The Bertz CT molecular complexity index is 316. The predicted octanol–water partition coefficient (Wildman–Crippen LogP) is 1.99. The first-order valence-corrected chi connectivity index (χ1v) is 8.90. The highest BCUT2D eigenvalue weighted by molar-refractivity contribution is 7.90. The van der Waals surface area contributed by atoms with Crippen molar-refractivity contribution >= 4 is 9.84 Å². The van der Waals surface area contributed by atoms with E-state index in [1.165, 1.54) is 6.26 Å². The Morgan fingerprint density at radius 2 is 1.89 bits per heavy atom. The quantitative estimate of drug-likeness (QED) is 0.664. The van der Waals surface area contributed by atoms with Crippen LogP contribution in [-0.2, 0) is 14.6 Å². The molecule has 0 fully saturated rings. The molecule has 0 saturated carbocycles. The first-order chi connectivity index (χ1) is 8.29. The molecule has 4 nitrogen and oxygen atoms in total. The molecule has 0 aliphatic carbocycles. The molecule has 110 valence electrons. The lowest BCUT2D eigenvalue weighted by molar-refractivity contribution is -0.0567. The van der Waals surface area contributed by atoms with Crippen LogP contribution in [0.25, 0.3) is 0 Å². The van der Waals surface area contributed by atoms with Gasteiger partial charge in [0.1, 0.15) is 9.84 Å². The number of hydrogen-bond acceptors (Lipinski definition) is 4. The molecule has 0 aromatic carbocycles. The maximum absolute atomic E-state index is 11.2. The van der Waals surface area contributed by atoms with E-state index in [9.17, 15) is 8.42 Å². The third-order valence-corrected chi connectivity index (χ3v) is 4.40. The second kappa shape index (κ2) is 8.12.